The van der Waals surface area contributed by atoms with E-state index in [-0.39, 0.29) is 15.5 Å². The van der Waals surface area contributed by atoms with Crippen molar-refractivity contribution in [1.82, 2.24) is 9.62 Å². The van der Waals surface area contributed by atoms with Crippen LogP contribution in [-0.2, 0) is 34.7 Å². The second kappa shape index (κ2) is 10.4. The molecular formula is C21H29N3O7S3. The smallest absolute Gasteiger partial charge is 0.242 e. The zero-order chi connectivity index (χ0) is 25.9. The van der Waals surface area contributed by atoms with Crippen molar-refractivity contribution >= 4 is 41.5 Å². The summed E-state index contributed by atoms with van der Waals surface area (Å²) in [6.45, 7) is 1.31. The molecule has 0 radical (unpaired) electrons. The minimum Gasteiger partial charge on any atom is -0.348 e. The van der Waals surface area contributed by atoms with Gasteiger partial charge >= 0.3 is 0 Å². The van der Waals surface area contributed by atoms with Gasteiger partial charge in [-0.25, -0.2) is 29.6 Å². The average Bonchev–Trinajstić information content (AvgIpc) is 2.74. The molecule has 0 aliphatic carbocycles. The molecular weight excluding hydrogens is 502 g/mol. The summed E-state index contributed by atoms with van der Waals surface area (Å²) in [4.78, 5) is 12.9. The number of anilines is 1. The number of rotatable bonds is 10. The maximum Gasteiger partial charge on any atom is 0.242 e. The Kier molecular flexibility index (Phi) is 8.51. The molecule has 0 spiro atoms. The molecule has 0 saturated carbocycles. The summed E-state index contributed by atoms with van der Waals surface area (Å²) in [5, 5.41) is 2.77. The van der Waals surface area contributed by atoms with Crippen molar-refractivity contribution in [1.29, 1.82) is 0 Å². The van der Waals surface area contributed by atoms with Gasteiger partial charge < -0.3 is 5.32 Å². The van der Waals surface area contributed by atoms with Crippen molar-refractivity contribution < 1.29 is 30.0 Å². The Morgan fingerprint density at radius 1 is 0.853 bits per heavy atom. The fourth-order valence-electron chi connectivity index (χ4n) is 3.13. The van der Waals surface area contributed by atoms with E-state index in [0.29, 0.717) is 12.0 Å². The first-order valence-corrected chi connectivity index (χ1v) is 15.3. The Morgan fingerprint density at radius 3 is 1.76 bits per heavy atom. The lowest BCUT2D eigenvalue weighted by molar-refractivity contribution is -0.120. The van der Waals surface area contributed by atoms with Crippen LogP contribution in [0.1, 0.15) is 24.9 Å². The molecule has 0 bridgehead atoms. The van der Waals surface area contributed by atoms with Gasteiger partial charge in [0.05, 0.1) is 27.8 Å². The van der Waals surface area contributed by atoms with E-state index in [1.807, 2.05) is 6.92 Å². The number of sulfone groups is 1. The standard InChI is InChI=1S/C21H29N3O7S3/c1-6-20(16-7-11-18(12-8-16)32(4,26)27)22-21(25)15-24(33(5,28)29)17-9-13-19(14-10-17)34(30,31)23(2)3/h7-14,20H,6,15H2,1-5H3,(H,22,25). The van der Waals surface area contributed by atoms with Gasteiger partial charge in [-0.2, -0.15) is 0 Å². The molecule has 1 N–H and O–H groups in total. The van der Waals surface area contributed by atoms with E-state index in [4.69, 9.17) is 0 Å². The van der Waals surface area contributed by atoms with Crippen molar-refractivity contribution in [2.45, 2.75) is 29.2 Å². The number of sulfonamides is 2. The van der Waals surface area contributed by atoms with Gasteiger partial charge in [0.2, 0.25) is 26.0 Å². The van der Waals surface area contributed by atoms with Crippen molar-refractivity contribution in [3.05, 3.63) is 54.1 Å². The first-order chi connectivity index (χ1) is 15.6. The number of hydrogen-bond acceptors (Lipinski definition) is 7. The van der Waals surface area contributed by atoms with Crippen LogP contribution in [0.2, 0.25) is 0 Å². The second-order valence-corrected chi connectivity index (χ2v) is 14.0. The van der Waals surface area contributed by atoms with Gasteiger partial charge in [-0.15, -0.1) is 0 Å². The third kappa shape index (κ3) is 6.78. The molecule has 0 heterocycles. The van der Waals surface area contributed by atoms with Crippen LogP contribution in [0.4, 0.5) is 5.69 Å². The van der Waals surface area contributed by atoms with Crippen molar-refractivity contribution in [3.8, 4) is 0 Å². The molecule has 34 heavy (non-hydrogen) atoms. The fraction of sp³-hybridized carbons (Fsp3) is 0.381. The van der Waals surface area contributed by atoms with Gasteiger partial charge in [0.1, 0.15) is 6.54 Å². The molecule has 0 aromatic heterocycles. The zero-order valence-electron chi connectivity index (χ0n) is 19.6. The molecule has 2 rings (SSSR count). The van der Waals surface area contributed by atoms with E-state index >= 15 is 0 Å². The Labute approximate surface area is 201 Å². The normalized spacial score (nSPS) is 13.5. The number of amides is 1. The Morgan fingerprint density at radius 2 is 1.35 bits per heavy atom. The predicted octanol–water partition coefficient (Wildman–Crippen LogP) is 1.37. The summed E-state index contributed by atoms with van der Waals surface area (Å²) >= 11 is 0. The molecule has 0 aliphatic heterocycles. The third-order valence-corrected chi connectivity index (χ3v) is 9.14. The van der Waals surface area contributed by atoms with Gasteiger partial charge in [-0.3, -0.25) is 9.10 Å². The first-order valence-electron chi connectivity index (χ1n) is 10.2. The van der Waals surface area contributed by atoms with E-state index in [2.05, 4.69) is 5.32 Å². The molecule has 1 unspecified atom stereocenters. The Bertz CT molecular complexity index is 1340. The average molecular weight is 532 g/mol. The minimum absolute atomic E-state index is 0.0114. The lowest BCUT2D eigenvalue weighted by Gasteiger charge is -2.24. The van der Waals surface area contributed by atoms with Crippen LogP contribution in [0, 0.1) is 0 Å². The van der Waals surface area contributed by atoms with Gasteiger partial charge in [0.25, 0.3) is 0 Å². The number of hydrogen-bond donors (Lipinski definition) is 1. The van der Waals surface area contributed by atoms with Crippen molar-refractivity contribution in [3.63, 3.8) is 0 Å². The van der Waals surface area contributed by atoms with Crippen LogP contribution in [0.25, 0.3) is 0 Å². The molecule has 0 aliphatic rings. The van der Waals surface area contributed by atoms with Crippen LogP contribution >= 0.6 is 0 Å². The molecule has 1 atom stereocenters. The Hall–Kier alpha value is -2.48. The van der Waals surface area contributed by atoms with E-state index < -0.39 is 48.4 Å². The van der Waals surface area contributed by atoms with Crippen molar-refractivity contribution in [2.75, 3.05) is 37.5 Å². The molecule has 2 aromatic rings. The first kappa shape index (κ1) is 27.8. The molecule has 10 nitrogen and oxygen atoms in total. The third-order valence-electron chi connectivity index (χ3n) is 5.04. The fourth-order valence-corrected chi connectivity index (χ4v) is 5.52. The quantitative estimate of drug-likeness (QED) is 0.489. The number of carbonyl (C=O) groups is 1. The molecule has 188 valence electrons. The lowest BCUT2D eigenvalue weighted by atomic mass is 10.0. The molecule has 1 amide bonds. The van der Waals surface area contributed by atoms with Crippen LogP contribution in [0.3, 0.4) is 0 Å². The highest BCUT2D eigenvalue weighted by Crippen LogP contribution is 2.23. The second-order valence-electron chi connectivity index (χ2n) is 7.92. The largest absolute Gasteiger partial charge is 0.348 e. The van der Waals surface area contributed by atoms with Crippen LogP contribution < -0.4 is 9.62 Å². The van der Waals surface area contributed by atoms with Gasteiger partial charge in [0.15, 0.2) is 9.84 Å². The summed E-state index contributed by atoms with van der Waals surface area (Å²) in [7, 11) is -8.14. The summed E-state index contributed by atoms with van der Waals surface area (Å²) in [6, 6.07) is 10.8. The zero-order valence-corrected chi connectivity index (χ0v) is 22.0. The number of nitrogens with zero attached hydrogens (tertiary/aromatic N) is 2. The number of benzene rings is 2. The minimum atomic E-state index is -3.86. The van der Waals surface area contributed by atoms with Gasteiger partial charge in [-0.1, -0.05) is 19.1 Å². The number of carbonyl (C=O) groups excluding carboxylic acids is 1. The summed E-state index contributed by atoms with van der Waals surface area (Å²) in [5.74, 6) is -0.575. The maximum atomic E-state index is 12.7. The van der Waals surface area contributed by atoms with Crippen molar-refractivity contribution in [2.24, 2.45) is 0 Å². The predicted molar refractivity (Wildman–Crippen MR) is 130 cm³/mol. The molecule has 13 heteroatoms. The maximum absolute atomic E-state index is 12.7. The molecule has 0 saturated heterocycles. The highest BCUT2D eigenvalue weighted by atomic mass is 32.2. The highest BCUT2D eigenvalue weighted by molar-refractivity contribution is 7.92. The summed E-state index contributed by atoms with van der Waals surface area (Å²) in [5.41, 5.74) is 0.813. The van der Waals surface area contributed by atoms with Gasteiger partial charge in [-0.05, 0) is 48.4 Å². The Balaban J connectivity index is 2.24. The summed E-state index contributed by atoms with van der Waals surface area (Å²) < 4.78 is 74.5. The van der Waals surface area contributed by atoms with Crippen LogP contribution in [0.15, 0.2) is 58.3 Å². The van der Waals surface area contributed by atoms with Crippen LogP contribution in [0.5, 0.6) is 0 Å². The summed E-state index contributed by atoms with van der Waals surface area (Å²) in [6.07, 6.45) is 2.54. The van der Waals surface area contributed by atoms with E-state index in [1.54, 1.807) is 12.1 Å². The monoisotopic (exact) mass is 531 g/mol. The van der Waals surface area contributed by atoms with E-state index in [1.165, 1.54) is 50.5 Å². The number of nitrogens with one attached hydrogen (secondary N) is 1. The SMILES string of the molecule is CCC(NC(=O)CN(c1ccc(S(=O)(=O)N(C)C)cc1)S(C)(=O)=O)c1ccc(S(C)(=O)=O)cc1. The molecule has 0 fully saturated rings. The van der Waals surface area contributed by atoms with E-state index in [9.17, 15) is 30.0 Å². The van der Waals surface area contributed by atoms with Crippen LogP contribution in [-0.4, -0.2) is 68.6 Å². The van der Waals surface area contributed by atoms with E-state index in [0.717, 1.165) is 21.1 Å². The lowest BCUT2D eigenvalue weighted by Crippen LogP contribution is -2.41. The van der Waals surface area contributed by atoms with Gasteiger partial charge in [0, 0.05) is 20.4 Å². The molecule has 2 aromatic carbocycles. The topological polar surface area (TPSA) is 138 Å². The highest BCUT2D eigenvalue weighted by Gasteiger charge is 2.24.